The Kier molecular flexibility index (Phi) is 5.73. The fraction of sp³-hybridized carbons (Fsp3) is 0.190. The van der Waals surface area contributed by atoms with Crippen molar-refractivity contribution in [2.45, 2.75) is 30.7 Å². The first-order chi connectivity index (χ1) is 14.6. The zero-order chi connectivity index (χ0) is 22.3. The van der Waals surface area contributed by atoms with Crippen LogP contribution in [0.2, 0.25) is 0 Å². The van der Waals surface area contributed by atoms with Crippen molar-refractivity contribution < 1.29 is 13.2 Å². The minimum Gasteiger partial charge on any atom is -0.301 e. The van der Waals surface area contributed by atoms with Gasteiger partial charge in [0, 0.05) is 5.39 Å². The number of sulfonamides is 1. The Morgan fingerprint density at radius 2 is 1.87 bits per heavy atom. The lowest BCUT2D eigenvalue weighted by atomic mass is 10.0. The highest BCUT2D eigenvalue weighted by Gasteiger charge is 2.13. The van der Waals surface area contributed by atoms with E-state index in [1.54, 1.807) is 6.07 Å². The SMILES string of the molecule is Cc1cc(C)c2nc(SCC(=O)Nc3nc4ccc(S(N)(=O)=O)cc4s3)cc(C)c2c1. The van der Waals surface area contributed by atoms with Gasteiger partial charge in [-0.2, -0.15) is 0 Å². The molecule has 4 rings (SSSR count). The highest BCUT2D eigenvalue weighted by atomic mass is 32.2. The molecule has 0 bridgehead atoms. The number of nitrogens with one attached hydrogen (secondary N) is 1. The molecule has 0 radical (unpaired) electrons. The summed E-state index contributed by atoms with van der Waals surface area (Å²) in [5, 5.41) is 10.3. The van der Waals surface area contributed by atoms with Crippen molar-refractivity contribution in [1.29, 1.82) is 0 Å². The summed E-state index contributed by atoms with van der Waals surface area (Å²) in [6.07, 6.45) is 0. The van der Waals surface area contributed by atoms with Crippen molar-refractivity contribution in [2.24, 2.45) is 5.14 Å². The lowest BCUT2D eigenvalue weighted by molar-refractivity contribution is -0.113. The molecule has 2 aromatic carbocycles. The molecule has 0 aliphatic carbocycles. The Labute approximate surface area is 188 Å². The van der Waals surface area contributed by atoms with Gasteiger partial charge >= 0.3 is 0 Å². The monoisotopic (exact) mass is 472 g/mol. The average Bonchev–Trinajstić information content (AvgIpc) is 3.08. The minimum atomic E-state index is -3.79. The van der Waals surface area contributed by atoms with E-state index in [0.717, 1.165) is 27.1 Å². The van der Waals surface area contributed by atoms with Gasteiger partial charge in [-0.3, -0.25) is 4.79 Å². The van der Waals surface area contributed by atoms with E-state index in [1.807, 2.05) is 19.9 Å². The van der Waals surface area contributed by atoms with Crippen molar-refractivity contribution in [3.63, 3.8) is 0 Å². The van der Waals surface area contributed by atoms with Crippen LogP contribution in [0.3, 0.4) is 0 Å². The summed E-state index contributed by atoms with van der Waals surface area (Å²) in [4.78, 5) is 21.5. The average molecular weight is 473 g/mol. The summed E-state index contributed by atoms with van der Waals surface area (Å²) in [6.45, 7) is 6.15. The molecule has 0 saturated heterocycles. The third-order valence-corrected chi connectivity index (χ3v) is 7.47. The van der Waals surface area contributed by atoms with Crippen LogP contribution in [0.25, 0.3) is 21.1 Å². The van der Waals surface area contributed by atoms with Crippen LogP contribution >= 0.6 is 23.1 Å². The number of hydrogen-bond donors (Lipinski definition) is 2. The third kappa shape index (κ3) is 4.72. The summed E-state index contributed by atoms with van der Waals surface area (Å²) in [5.74, 6) is -0.0304. The van der Waals surface area contributed by atoms with Gasteiger partial charge in [-0.1, -0.05) is 34.7 Å². The number of thioether (sulfide) groups is 1. The molecule has 160 valence electrons. The van der Waals surface area contributed by atoms with Gasteiger partial charge in [0.2, 0.25) is 15.9 Å². The Hall–Kier alpha value is -2.53. The second-order valence-corrected chi connectivity index (χ2v) is 10.9. The first kappa shape index (κ1) is 21.7. The van der Waals surface area contributed by atoms with Crippen LogP contribution in [-0.2, 0) is 14.8 Å². The van der Waals surface area contributed by atoms with Gasteiger partial charge in [0.05, 0.1) is 31.4 Å². The molecule has 10 heteroatoms. The van der Waals surface area contributed by atoms with E-state index < -0.39 is 10.0 Å². The van der Waals surface area contributed by atoms with Crippen LogP contribution in [0.15, 0.2) is 46.3 Å². The van der Waals surface area contributed by atoms with Gasteiger partial charge in [0.15, 0.2) is 5.13 Å². The van der Waals surface area contributed by atoms with Crippen molar-refractivity contribution in [3.05, 3.63) is 53.1 Å². The molecule has 0 saturated carbocycles. The standard InChI is InChI=1S/C21H20N4O3S3/c1-11-6-13(3)20-15(7-11)12(2)8-19(25-20)29-10-18(26)24-21-23-16-5-4-14(31(22,27)28)9-17(16)30-21/h4-9H,10H2,1-3H3,(H2,22,27,28)(H,23,24,26). The van der Waals surface area contributed by atoms with E-state index in [9.17, 15) is 13.2 Å². The van der Waals surface area contributed by atoms with Crippen LogP contribution in [0.1, 0.15) is 16.7 Å². The molecule has 2 aromatic heterocycles. The number of amides is 1. The molecule has 0 unspecified atom stereocenters. The number of carbonyl (C=O) groups is 1. The number of aryl methyl sites for hydroxylation is 3. The van der Waals surface area contributed by atoms with Gasteiger partial charge < -0.3 is 5.32 Å². The molecule has 3 N–H and O–H groups in total. The molecule has 31 heavy (non-hydrogen) atoms. The van der Waals surface area contributed by atoms with Crippen LogP contribution < -0.4 is 10.5 Å². The Morgan fingerprint density at radius 1 is 1.10 bits per heavy atom. The summed E-state index contributed by atoms with van der Waals surface area (Å²) in [6, 6.07) is 10.6. The molecule has 2 heterocycles. The van der Waals surface area contributed by atoms with Crippen LogP contribution in [0, 0.1) is 20.8 Å². The number of carbonyl (C=O) groups excluding carboxylic acids is 1. The van der Waals surface area contributed by atoms with Gasteiger partial charge in [-0.05, 0) is 62.2 Å². The third-order valence-electron chi connectivity index (χ3n) is 4.72. The number of nitrogens with zero attached hydrogens (tertiary/aromatic N) is 2. The molecule has 0 spiro atoms. The highest BCUT2D eigenvalue weighted by Crippen LogP contribution is 2.29. The number of thiazole rings is 1. The van der Waals surface area contributed by atoms with Crippen molar-refractivity contribution >= 4 is 65.3 Å². The van der Waals surface area contributed by atoms with Gasteiger partial charge in [-0.15, -0.1) is 0 Å². The molecule has 7 nitrogen and oxygen atoms in total. The largest absolute Gasteiger partial charge is 0.301 e. The number of aromatic nitrogens is 2. The molecule has 0 aliphatic rings. The van der Waals surface area contributed by atoms with Crippen molar-refractivity contribution in [3.8, 4) is 0 Å². The predicted molar refractivity (Wildman–Crippen MR) is 126 cm³/mol. The van der Waals surface area contributed by atoms with Crippen LogP contribution in [0.5, 0.6) is 0 Å². The van der Waals surface area contributed by atoms with Crippen LogP contribution in [-0.4, -0.2) is 30.0 Å². The van der Waals surface area contributed by atoms with E-state index in [1.165, 1.54) is 40.8 Å². The van der Waals surface area contributed by atoms with E-state index in [-0.39, 0.29) is 16.6 Å². The lowest BCUT2D eigenvalue weighted by Gasteiger charge is -2.09. The first-order valence-electron chi connectivity index (χ1n) is 9.35. The minimum absolute atomic E-state index is 0.0142. The second kappa shape index (κ2) is 8.19. The normalized spacial score (nSPS) is 11.9. The molecular formula is C21H20N4O3S3. The Morgan fingerprint density at radius 3 is 2.61 bits per heavy atom. The van der Waals surface area contributed by atoms with E-state index >= 15 is 0 Å². The maximum Gasteiger partial charge on any atom is 0.238 e. The van der Waals surface area contributed by atoms with Gasteiger partial charge in [0.1, 0.15) is 0 Å². The number of fused-ring (bicyclic) bond motifs is 2. The predicted octanol–water partition coefficient (Wildman–Crippen LogP) is 4.15. The van der Waals surface area contributed by atoms with E-state index in [4.69, 9.17) is 10.1 Å². The number of hydrogen-bond acceptors (Lipinski definition) is 7. The molecule has 0 aliphatic heterocycles. The number of rotatable bonds is 5. The fourth-order valence-corrected chi connectivity index (χ4v) is 5.62. The van der Waals surface area contributed by atoms with Crippen molar-refractivity contribution in [2.75, 3.05) is 11.1 Å². The number of anilines is 1. The first-order valence-corrected chi connectivity index (χ1v) is 12.7. The fourth-order valence-electron chi connectivity index (χ4n) is 3.32. The maximum atomic E-state index is 12.4. The van der Waals surface area contributed by atoms with E-state index in [2.05, 4.69) is 29.4 Å². The summed E-state index contributed by atoms with van der Waals surface area (Å²) in [7, 11) is -3.79. The number of benzene rings is 2. The van der Waals surface area contributed by atoms with E-state index in [0.29, 0.717) is 15.3 Å². The number of pyridine rings is 1. The molecule has 4 aromatic rings. The van der Waals surface area contributed by atoms with Gasteiger partial charge in [-0.25, -0.2) is 23.5 Å². The number of nitrogens with two attached hydrogens (primary N) is 1. The lowest BCUT2D eigenvalue weighted by Crippen LogP contribution is -2.13. The second-order valence-electron chi connectivity index (χ2n) is 7.29. The Balaban J connectivity index is 1.48. The smallest absolute Gasteiger partial charge is 0.238 e. The summed E-state index contributed by atoms with van der Waals surface area (Å²) >= 11 is 2.56. The topological polar surface area (TPSA) is 115 Å². The molecule has 0 fully saturated rings. The van der Waals surface area contributed by atoms with Crippen molar-refractivity contribution in [1.82, 2.24) is 9.97 Å². The molecule has 0 atom stereocenters. The quantitative estimate of drug-likeness (QED) is 0.422. The van der Waals surface area contributed by atoms with Crippen LogP contribution in [0.4, 0.5) is 5.13 Å². The molecule has 1 amide bonds. The highest BCUT2D eigenvalue weighted by molar-refractivity contribution is 7.99. The summed E-state index contributed by atoms with van der Waals surface area (Å²) in [5.41, 5.74) is 4.97. The van der Waals surface area contributed by atoms with Gasteiger partial charge in [0.25, 0.3) is 0 Å². The number of primary sulfonamides is 1. The Bertz CT molecular complexity index is 1450. The summed E-state index contributed by atoms with van der Waals surface area (Å²) < 4.78 is 23.6. The zero-order valence-corrected chi connectivity index (χ0v) is 19.5. The zero-order valence-electron chi connectivity index (χ0n) is 17.1. The maximum absolute atomic E-state index is 12.4. The molecular weight excluding hydrogens is 452 g/mol.